The average molecular weight is 251 g/mol. The number of phenols is 1. The highest BCUT2D eigenvalue weighted by Crippen LogP contribution is 2.12. The second kappa shape index (κ2) is 7.01. The first kappa shape index (κ1) is 14.5. The van der Waals surface area contributed by atoms with Gasteiger partial charge in [0.25, 0.3) is 5.91 Å². The number of aromatic hydroxyl groups is 1. The third-order valence-corrected chi connectivity index (χ3v) is 2.86. The molecule has 0 aliphatic carbocycles. The molecule has 1 rings (SSSR count). The van der Waals surface area contributed by atoms with E-state index >= 15 is 0 Å². The van der Waals surface area contributed by atoms with Crippen molar-refractivity contribution in [3.05, 3.63) is 29.8 Å². The minimum atomic E-state index is -0.166. The van der Waals surface area contributed by atoms with E-state index in [4.69, 9.17) is 4.74 Å². The van der Waals surface area contributed by atoms with Gasteiger partial charge in [0, 0.05) is 25.3 Å². The average Bonchev–Trinajstić information content (AvgIpc) is 2.33. The molecule has 0 fully saturated rings. The molecule has 18 heavy (non-hydrogen) atoms. The lowest BCUT2D eigenvalue weighted by molar-refractivity contribution is 0.0908. The molecule has 0 saturated heterocycles. The Hall–Kier alpha value is -1.55. The maximum atomic E-state index is 12.0. The number of amides is 1. The highest BCUT2D eigenvalue weighted by Gasteiger charge is 2.17. The molecule has 4 heteroatoms. The summed E-state index contributed by atoms with van der Waals surface area (Å²) in [6, 6.07) is 6.41. The number of nitrogens with one attached hydrogen (secondary N) is 1. The number of hydrogen-bond acceptors (Lipinski definition) is 3. The first-order valence-corrected chi connectivity index (χ1v) is 6.13. The summed E-state index contributed by atoms with van der Waals surface area (Å²) in [4.78, 5) is 12.0. The summed E-state index contributed by atoms with van der Waals surface area (Å²) in [5.74, 6) is 0.266. The highest BCUT2D eigenvalue weighted by molar-refractivity contribution is 5.94. The van der Waals surface area contributed by atoms with E-state index < -0.39 is 0 Å². The molecule has 0 aromatic heterocycles. The van der Waals surface area contributed by atoms with Gasteiger partial charge in [-0.15, -0.1) is 0 Å². The number of carbonyl (C=O) groups is 1. The van der Waals surface area contributed by atoms with Crippen LogP contribution in [0.4, 0.5) is 0 Å². The molecule has 4 nitrogen and oxygen atoms in total. The van der Waals surface area contributed by atoms with Crippen LogP contribution in [-0.4, -0.2) is 30.8 Å². The van der Waals surface area contributed by atoms with Crippen molar-refractivity contribution < 1.29 is 14.6 Å². The Morgan fingerprint density at radius 1 is 1.44 bits per heavy atom. The van der Waals surface area contributed by atoms with Crippen LogP contribution in [0, 0.1) is 5.92 Å². The highest BCUT2D eigenvalue weighted by atomic mass is 16.5. The van der Waals surface area contributed by atoms with Gasteiger partial charge in [-0.1, -0.05) is 19.9 Å². The van der Waals surface area contributed by atoms with E-state index in [9.17, 15) is 9.90 Å². The van der Waals surface area contributed by atoms with Gasteiger partial charge in [-0.05, 0) is 30.5 Å². The van der Waals surface area contributed by atoms with Crippen LogP contribution < -0.4 is 5.32 Å². The van der Waals surface area contributed by atoms with Crippen molar-refractivity contribution in [2.45, 2.75) is 26.3 Å². The van der Waals surface area contributed by atoms with Crippen LogP contribution >= 0.6 is 0 Å². The van der Waals surface area contributed by atoms with Crippen molar-refractivity contribution in [2.24, 2.45) is 5.92 Å². The third kappa shape index (κ3) is 4.37. The first-order valence-electron chi connectivity index (χ1n) is 6.13. The van der Waals surface area contributed by atoms with Gasteiger partial charge in [0.05, 0.1) is 0 Å². The Kier molecular flexibility index (Phi) is 5.65. The summed E-state index contributed by atoms with van der Waals surface area (Å²) in [5, 5.41) is 12.3. The zero-order valence-corrected chi connectivity index (χ0v) is 11.1. The molecule has 0 aliphatic heterocycles. The molecule has 0 radical (unpaired) electrons. The Morgan fingerprint density at radius 3 is 2.72 bits per heavy atom. The quantitative estimate of drug-likeness (QED) is 0.814. The second-order valence-corrected chi connectivity index (χ2v) is 4.66. The molecule has 0 heterocycles. The molecule has 0 spiro atoms. The van der Waals surface area contributed by atoms with Gasteiger partial charge >= 0.3 is 0 Å². The van der Waals surface area contributed by atoms with Crippen LogP contribution in [0.25, 0.3) is 0 Å². The van der Waals surface area contributed by atoms with E-state index in [-0.39, 0.29) is 17.7 Å². The lowest BCUT2D eigenvalue weighted by Gasteiger charge is -2.22. The summed E-state index contributed by atoms with van der Waals surface area (Å²) in [6.07, 6.45) is 0.777. The van der Waals surface area contributed by atoms with E-state index in [0.29, 0.717) is 18.1 Å². The van der Waals surface area contributed by atoms with Crippen molar-refractivity contribution >= 4 is 5.91 Å². The second-order valence-electron chi connectivity index (χ2n) is 4.66. The Bertz CT molecular complexity index is 390. The number of carbonyl (C=O) groups excluding carboxylic acids is 1. The van der Waals surface area contributed by atoms with Gasteiger partial charge in [-0.2, -0.15) is 0 Å². The smallest absolute Gasteiger partial charge is 0.251 e. The van der Waals surface area contributed by atoms with E-state index in [1.54, 1.807) is 25.3 Å². The fourth-order valence-electron chi connectivity index (χ4n) is 1.72. The van der Waals surface area contributed by atoms with Gasteiger partial charge in [0.2, 0.25) is 0 Å². The van der Waals surface area contributed by atoms with Crippen LogP contribution in [0.3, 0.4) is 0 Å². The lowest BCUT2D eigenvalue weighted by atomic mass is 10.0. The molecule has 1 atom stereocenters. The first-order chi connectivity index (χ1) is 8.54. The Balaban J connectivity index is 2.66. The molecule has 1 amide bonds. The van der Waals surface area contributed by atoms with Crippen LogP contribution in [0.1, 0.15) is 30.6 Å². The summed E-state index contributed by atoms with van der Waals surface area (Å²) in [6.45, 7) is 4.73. The van der Waals surface area contributed by atoms with Crippen LogP contribution in [0.15, 0.2) is 24.3 Å². The fraction of sp³-hybridized carbons (Fsp3) is 0.500. The standard InChI is InChI=1S/C14H21NO3/c1-10(2)13(7-8-18-3)15-14(17)11-5-4-6-12(16)9-11/h4-6,9-10,13,16H,7-8H2,1-3H3,(H,15,17)/t13-/m0/s1. The maximum absolute atomic E-state index is 12.0. The van der Waals surface area contributed by atoms with Crippen molar-refractivity contribution in [2.75, 3.05) is 13.7 Å². The predicted molar refractivity (Wildman–Crippen MR) is 70.7 cm³/mol. The molecular weight excluding hydrogens is 230 g/mol. The van der Waals surface area contributed by atoms with Crippen LogP contribution in [-0.2, 0) is 4.74 Å². The monoisotopic (exact) mass is 251 g/mol. The summed E-state index contributed by atoms with van der Waals surface area (Å²) in [5.41, 5.74) is 0.470. The number of benzene rings is 1. The van der Waals surface area contributed by atoms with Crippen molar-refractivity contribution in [3.63, 3.8) is 0 Å². The van der Waals surface area contributed by atoms with E-state index in [1.807, 2.05) is 0 Å². The zero-order chi connectivity index (χ0) is 13.5. The topological polar surface area (TPSA) is 58.6 Å². The third-order valence-electron chi connectivity index (χ3n) is 2.86. The minimum Gasteiger partial charge on any atom is -0.508 e. The van der Waals surface area contributed by atoms with Crippen LogP contribution in [0.5, 0.6) is 5.75 Å². The van der Waals surface area contributed by atoms with Crippen molar-refractivity contribution in [3.8, 4) is 5.75 Å². The summed E-state index contributed by atoms with van der Waals surface area (Å²) >= 11 is 0. The Morgan fingerprint density at radius 2 is 2.17 bits per heavy atom. The SMILES string of the molecule is COCC[C@H](NC(=O)c1cccc(O)c1)C(C)C. The number of ether oxygens (including phenoxy) is 1. The number of methoxy groups -OCH3 is 1. The normalized spacial score (nSPS) is 12.4. The molecule has 0 saturated carbocycles. The van der Waals surface area contributed by atoms with E-state index in [0.717, 1.165) is 6.42 Å². The number of hydrogen-bond donors (Lipinski definition) is 2. The number of rotatable bonds is 6. The van der Waals surface area contributed by atoms with Crippen LogP contribution in [0.2, 0.25) is 0 Å². The zero-order valence-electron chi connectivity index (χ0n) is 11.1. The van der Waals surface area contributed by atoms with Gasteiger partial charge in [0.1, 0.15) is 5.75 Å². The molecule has 1 aromatic rings. The molecule has 0 aliphatic rings. The molecule has 100 valence electrons. The van der Waals surface area contributed by atoms with Gasteiger partial charge in [-0.3, -0.25) is 4.79 Å². The lowest BCUT2D eigenvalue weighted by Crippen LogP contribution is -2.39. The van der Waals surface area contributed by atoms with Gasteiger partial charge < -0.3 is 15.2 Å². The van der Waals surface area contributed by atoms with E-state index in [2.05, 4.69) is 19.2 Å². The summed E-state index contributed by atoms with van der Waals surface area (Å²) < 4.78 is 5.04. The Labute approximate surface area is 108 Å². The summed E-state index contributed by atoms with van der Waals surface area (Å²) in [7, 11) is 1.65. The predicted octanol–water partition coefficient (Wildman–Crippen LogP) is 2.18. The van der Waals surface area contributed by atoms with Crippen molar-refractivity contribution in [1.29, 1.82) is 0 Å². The van der Waals surface area contributed by atoms with Crippen molar-refractivity contribution in [1.82, 2.24) is 5.32 Å². The van der Waals surface area contributed by atoms with E-state index in [1.165, 1.54) is 6.07 Å². The maximum Gasteiger partial charge on any atom is 0.251 e. The minimum absolute atomic E-state index is 0.0693. The fourth-order valence-corrected chi connectivity index (χ4v) is 1.72. The molecule has 1 aromatic carbocycles. The molecule has 0 bridgehead atoms. The molecular formula is C14H21NO3. The molecule has 2 N–H and O–H groups in total. The molecule has 0 unspecified atom stereocenters. The number of phenolic OH excluding ortho intramolecular Hbond substituents is 1. The van der Waals surface area contributed by atoms with Gasteiger partial charge in [0.15, 0.2) is 0 Å². The largest absolute Gasteiger partial charge is 0.508 e. The van der Waals surface area contributed by atoms with Gasteiger partial charge in [-0.25, -0.2) is 0 Å².